The van der Waals surface area contributed by atoms with Gasteiger partial charge in [-0.2, -0.15) is 0 Å². The van der Waals surface area contributed by atoms with Crippen LogP contribution < -0.4 is 16.6 Å². The van der Waals surface area contributed by atoms with E-state index in [-0.39, 0.29) is 11.6 Å². The second-order valence-electron chi connectivity index (χ2n) is 4.35. The molecule has 2 aromatic rings. The molecule has 0 aliphatic heterocycles. The molecule has 2 aromatic heterocycles. The van der Waals surface area contributed by atoms with Crippen molar-refractivity contribution in [2.45, 2.75) is 19.4 Å². The van der Waals surface area contributed by atoms with Gasteiger partial charge in [0.1, 0.15) is 10.7 Å². The molecule has 100 valence electrons. The van der Waals surface area contributed by atoms with E-state index in [4.69, 9.17) is 5.84 Å². The van der Waals surface area contributed by atoms with E-state index in [1.54, 1.807) is 6.20 Å². The van der Waals surface area contributed by atoms with Crippen molar-refractivity contribution in [1.82, 2.24) is 20.3 Å². The predicted octanol–water partition coefficient (Wildman–Crippen LogP) is 0.884. The zero-order valence-electron chi connectivity index (χ0n) is 10.5. The van der Waals surface area contributed by atoms with Crippen LogP contribution >= 0.6 is 11.3 Å². The molecular weight excluding hydrogens is 264 g/mol. The summed E-state index contributed by atoms with van der Waals surface area (Å²) in [6.45, 7) is 3.76. The minimum absolute atomic E-state index is 0.226. The third-order valence-electron chi connectivity index (χ3n) is 2.43. The Kier molecular flexibility index (Phi) is 3.72. The van der Waals surface area contributed by atoms with Crippen molar-refractivity contribution in [3.63, 3.8) is 0 Å². The summed E-state index contributed by atoms with van der Waals surface area (Å²) >= 11 is 1.48. The SMILES string of the molecule is CC(C)(NC(=O)c1cnc(NN)cn1)c1nccs1. The Bertz CT molecular complexity index is 551. The van der Waals surface area contributed by atoms with Gasteiger partial charge in [-0.25, -0.2) is 20.8 Å². The number of carbonyl (C=O) groups excluding carboxylic acids is 1. The van der Waals surface area contributed by atoms with Gasteiger partial charge >= 0.3 is 0 Å². The molecule has 8 heteroatoms. The molecule has 0 spiro atoms. The molecule has 0 aliphatic rings. The van der Waals surface area contributed by atoms with Gasteiger partial charge in [0.15, 0.2) is 5.82 Å². The van der Waals surface area contributed by atoms with Gasteiger partial charge in [-0.3, -0.25) is 4.79 Å². The number of nitrogens with zero attached hydrogens (tertiary/aromatic N) is 3. The number of thiazole rings is 1. The number of nitrogens with one attached hydrogen (secondary N) is 2. The number of anilines is 1. The van der Waals surface area contributed by atoms with E-state index in [9.17, 15) is 4.79 Å². The van der Waals surface area contributed by atoms with Crippen molar-refractivity contribution in [2.75, 3.05) is 5.43 Å². The Morgan fingerprint density at radius 3 is 2.63 bits per heavy atom. The third-order valence-corrected chi connectivity index (χ3v) is 3.52. The molecule has 19 heavy (non-hydrogen) atoms. The second-order valence-corrected chi connectivity index (χ2v) is 5.24. The highest BCUT2D eigenvalue weighted by Crippen LogP contribution is 2.22. The van der Waals surface area contributed by atoms with Crippen LogP contribution in [-0.4, -0.2) is 20.9 Å². The first-order chi connectivity index (χ1) is 9.03. The van der Waals surface area contributed by atoms with Gasteiger partial charge in [-0.05, 0) is 13.8 Å². The molecule has 0 fully saturated rings. The van der Waals surface area contributed by atoms with Crippen LogP contribution in [0.1, 0.15) is 29.3 Å². The van der Waals surface area contributed by atoms with Gasteiger partial charge in [-0.15, -0.1) is 11.3 Å². The van der Waals surface area contributed by atoms with Crippen LogP contribution in [0.25, 0.3) is 0 Å². The molecule has 0 atom stereocenters. The zero-order valence-corrected chi connectivity index (χ0v) is 11.4. The van der Waals surface area contributed by atoms with Crippen LogP contribution in [0.5, 0.6) is 0 Å². The number of nitrogens with two attached hydrogens (primary N) is 1. The highest BCUT2D eigenvalue weighted by atomic mass is 32.1. The van der Waals surface area contributed by atoms with Gasteiger partial charge in [0.05, 0.1) is 17.9 Å². The molecule has 0 radical (unpaired) electrons. The first-order valence-electron chi connectivity index (χ1n) is 5.54. The summed E-state index contributed by atoms with van der Waals surface area (Å²) in [5, 5.41) is 5.56. The predicted molar refractivity (Wildman–Crippen MR) is 72.4 cm³/mol. The Labute approximate surface area is 114 Å². The molecular formula is C11H14N6OS. The Balaban J connectivity index is 2.12. The smallest absolute Gasteiger partial charge is 0.272 e. The lowest BCUT2D eigenvalue weighted by molar-refractivity contribution is 0.0906. The molecule has 0 saturated heterocycles. The number of carbonyl (C=O) groups is 1. The first kappa shape index (κ1) is 13.4. The van der Waals surface area contributed by atoms with Crippen LogP contribution in [0.2, 0.25) is 0 Å². The van der Waals surface area contributed by atoms with E-state index in [0.717, 1.165) is 5.01 Å². The van der Waals surface area contributed by atoms with Gasteiger partial charge in [0.25, 0.3) is 5.91 Å². The Morgan fingerprint density at radius 1 is 1.32 bits per heavy atom. The van der Waals surface area contributed by atoms with Gasteiger partial charge < -0.3 is 10.7 Å². The topological polar surface area (TPSA) is 106 Å². The van der Waals surface area contributed by atoms with Crippen molar-refractivity contribution < 1.29 is 4.79 Å². The normalized spacial score (nSPS) is 11.1. The monoisotopic (exact) mass is 278 g/mol. The average Bonchev–Trinajstić information content (AvgIpc) is 2.93. The van der Waals surface area contributed by atoms with Crippen molar-refractivity contribution in [2.24, 2.45) is 5.84 Å². The molecule has 2 rings (SSSR count). The molecule has 0 bridgehead atoms. The molecule has 0 aliphatic carbocycles. The number of rotatable bonds is 4. The summed E-state index contributed by atoms with van der Waals surface area (Å²) < 4.78 is 0. The lowest BCUT2D eigenvalue weighted by atomic mass is 10.1. The van der Waals surface area contributed by atoms with Crippen LogP contribution in [0.4, 0.5) is 5.82 Å². The van der Waals surface area contributed by atoms with E-state index in [1.807, 2.05) is 19.2 Å². The van der Waals surface area contributed by atoms with Gasteiger partial charge in [-0.1, -0.05) is 0 Å². The molecule has 2 heterocycles. The summed E-state index contributed by atoms with van der Waals surface area (Å²) in [7, 11) is 0. The highest BCUT2D eigenvalue weighted by Gasteiger charge is 2.26. The lowest BCUT2D eigenvalue weighted by Crippen LogP contribution is -2.41. The van der Waals surface area contributed by atoms with E-state index < -0.39 is 5.54 Å². The standard InChI is InChI=1S/C11H14N6OS/c1-11(2,10-13-3-4-19-10)16-9(18)7-5-15-8(17-12)6-14-7/h3-6H,12H2,1-2H3,(H,15,17)(H,16,18). The Hall–Kier alpha value is -2.06. The quantitative estimate of drug-likeness (QED) is 0.566. The number of amides is 1. The van der Waals surface area contributed by atoms with E-state index in [1.165, 1.54) is 23.7 Å². The van der Waals surface area contributed by atoms with Crippen LogP contribution in [0.3, 0.4) is 0 Å². The summed E-state index contributed by atoms with van der Waals surface area (Å²) in [4.78, 5) is 24.2. The van der Waals surface area contributed by atoms with Crippen molar-refractivity contribution in [3.8, 4) is 0 Å². The average molecular weight is 278 g/mol. The highest BCUT2D eigenvalue weighted by molar-refractivity contribution is 7.09. The maximum absolute atomic E-state index is 12.1. The maximum Gasteiger partial charge on any atom is 0.272 e. The molecule has 7 nitrogen and oxygen atoms in total. The molecule has 0 unspecified atom stereocenters. The number of hydrogen-bond donors (Lipinski definition) is 3. The number of hydrogen-bond acceptors (Lipinski definition) is 7. The number of hydrazine groups is 1. The summed E-state index contributed by atoms with van der Waals surface area (Å²) in [5.41, 5.74) is 2.02. The van der Waals surface area contributed by atoms with Crippen molar-refractivity contribution in [1.29, 1.82) is 0 Å². The van der Waals surface area contributed by atoms with E-state index >= 15 is 0 Å². The lowest BCUT2D eigenvalue weighted by Gasteiger charge is -2.23. The van der Waals surface area contributed by atoms with Crippen LogP contribution in [0, 0.1) is 0 Å². The first-order valence-corrected chi connectivity index (χ1v) is 6.42. The summed E-state index contributed by atoms with van der Waals surface area (Å²) in [6.07, 6.45) is 4.46. The van der Waals surface area contributed by atoms with E-state index in [2.05, 4.69) is 25.7 Å². The summed E-state index contributed by atoms with van der Waals surface area (Å²) in [6, 6.07) is 0. The maximum atomic E-state index is 12.1. The fourth-order valence-corrected chi connectivity index (χ4v) is 2.17. The van der Waals surface area contributed by atoms with Gasteiger partial charge in [0, 0.05) is 11.6 Å². The third kappa shape index (κ3) is 3.04. The summed E-state index contributed by atoms with van der Waals surface area (Å²) in [5.74, 6) is 5.27. The van der Waals surface area contributed by atoms with Gasteiger partial charge in [0.2, 0.25) is 0 Å². The van der Waals surface area contributed by atoms with E-state index in [0.29, 0.717) is 5.82 Å². The minimum atomic E-state index is -0.558. The van der Waals surface area contributed by atoms with Crippen molar-refractivity contribution >= 4 is 23.1 Å². The minimum Gasteiger partial charge on any atom is -0.339 e. The Morgan fingerprint density at radius 2 is 2.11 bits per heavy atom. The van der Waals surface area contributed by atoms with Crippen LogP contribution in [-0.2, 0) is 5.54 Å². The molecule has 0 aromatic carbocycles. The van der Waals surface area contributed by atoms with Crippen molar-refractivity contribution in [3.05, 3.63) is 34.7 Å². The second kappa shape index (κ2) is 5.29. The number of nitrogen functional groups attached to an aromatic ring is 1. The zero-order chi connectivity index (χ0) is 13.9. The molecule has 0 saturated carbocycles. The fourth-order valence-electron chi connectivity index (χ4n) is 1.45. The largest absolute Gasteiger partial charge is 0.339 e. The number of aromatic nitrogens is 3. The molecule has 4 N–H and O–H groups in total. The fraction of sp³-hybridized carbons (Fsp3) is 0.273. The van der Waals surface area contributed by atoms with Crippen LogP contribution in [0.15, 0.2) is 24.0 Å². The molecule has 1 amide bonds.